The molecule has 1 aromatic rings. The highest BCUT2D eigenvalue weighted by Gasteiger charge is 2.36. The van der Waals surface area contributed by atoms with E-state index in [0.717, 1.165) is 31.1 Å². The maximum atomic E-state index is 11.7. The summed E-state index contributed by atoms with van der Waals surface area (Å²) in [6, 6.07) is 10.3. The van der Waals surface area contributed by atoms with Crippen LogP contribution in [0.5, 0.6) is 0 Å². The quantitative estimate of drug-likeness (QED) is 0.809. The topological polar surface area (TPSA) is 46.3 Å². The number of benzene rings is 1. The van der Waals surface area contributed by atoms with Gasteiger partial charge in [0.05, 0.1) is 5.92 Å². The first-order valence-electron chi connectivity index (χ1n) is 6.86. The number of hydrogen-bond donors (Lipinski definition) is 1. The van der Waals surface area contributed by atoms with Gasteiger partial charge >= 0.3 is 0 Å². The van der Waals surface area contributed by atoms with Gasteiger partial charge in [0.2, 0.25) is 5.91 Å². The predicted molar refractivity (Wildman–Crippen MR) is 81.3 cm³/mol. The molecular weight excluding hydrogens is 256 g/mol. The summed E-state index contributed by atoms with van der Waals surface area (Å²) in [6.07, 6.45) is 0. The van der Waals surface area contributed by atoms with Gasteiger partial charge in [-0.15, -0.1) is 0 Å². The van der Waals surface area contributed by atoms with Gasteiger partial charge in [0.1, 0.15) is 0 Å². The van der Waals surface area contributed by atoms with Crippen LogP contribution in [-0.4, -0.2) is 41.9 Å². The Morgan fingerprint density at radius 3 is 2.74 bits per heavy atom. The van der Waals surface area contributed by atoms with Gasteiger partial charge in [0.25, 0.3) is 0 Å². The second-order valence-corrected chi connectivity index (χ2v) is 6.38. The Morgan fingerprint density at radius 2 is 2.11 bits per heavy atom. The highest BCUT2D eigenvalue weighted by atomic mass is 32.2. The van der Waals surface area contributed by atoms with E-state index >= 15 is 0 Å². The third-order valence-electron chi connectivity index (χ3n) is 3.74. The molecule has 0 spiro atoms. The predicted octanol–water partition coefficient (Wildman–Crippen LogP) is 1.94. The normalized spacial score (nSPS) is 23.6. The van der Waals surface area contributed by atoms with Crippen molar-refractivity contribution in [2.75, 3.05) is 31.1 Å². The van der Waals surface area contributed by atoms with Crippen molar-refractivity contribution in [3.63, 3.8) is 0 Å². The summed E-state index contributed by atoms with van der Waals surface area (Å²) in [6.45, 7) is 4.97. The van der Waals surface area contributed by atoms with Gasteiger partial charge in [-0.25, -0.2) is 0 Å². The Bertz CT molecular complexity index is 410. The fourth-order valence-electron chi connectivity index (χ4n) is 2.73. The van der Waals surface area contributed by atoms with Crippen LogP contribution in [0.1, 0.15) is 18.4 Å². The molecular formula is C15H22N2OS. The Labute approximate surface area is 119 Å². The fraction of sp³-hybridized carbons (Fsp3) is 0.533. The first-order valence-corrected chi connectivity index (χ1v) is 8.02. The van der Waals surface area contributed by atoms with Crippen molar-refractivity contribution in [3.8, 4) is 0 Å². The highest BCUT2D eigenvalue weighted by molar-refractivity contribution is 7.99. The largest absolute Gasteiger partial charge is 0.369 e. The minimum absolute atomic E-state index is 0.0472. The van der Waals surface area contributed by atoms with Crippen LogP contribution < -0.4 is 5.73 Å². The second kappa shape index (κ2) is 6.96. The molecule has 2 N–H and O–H groups in total. The molecule has 1 fully saturated rings. The van der Waals surface area contributed by atoms with E-state index in [1.807, 2.05) is 30.0 Å². The molecule has 1 aliphatic rings. The summed E-state index contributed by atoms with van der Waals surface area (Å²) >= 11 is 1.94. The lowest BCUT2D eigenvalue weighted by atomic mass is 9.89. The summed E-state index contributed by atoms with van der Waals surface area (Å²) in [5.41, 5.74) is 6.81. The van der Waals surface area contributed by atoms with E-state index in [1.165, 1.54) is 5.56 Å². The third-order valence-corrected chi connectivity index (χ3v) is 4.62. The zero-order valence-electron chi connectivity index (χ0n) is 11.4. The molecule has 3 nitrogen and oxygen atoms in total. The Hall–Kier alpha value is -1.00. The number of likely N-dealkylation sites (tertiary alicyclic amines) is 1. The first-order chi connectivity index (χ1) is 9.22. The average Bonchev–Trinajstić information content (AvgIpc) is 2.84. The molecule has 2 atom stereocenters. The lowest BCUT2D eigenvalue weighted by molar-refractivity contribution is -0.121. The summed E-state index contributed by atoms with van der Waals surface area (Å²) in [4.78, 5) is 14.0. The number of thioether (sulfide) groups is 1. The minimum atomic E-state index is -0.167. The summed E-state index contributed by atoms with van der Waals surface area (Å²) in [5, 5.41) is 0. The molecule has 0 bridgehead atoms. The van der Waals surface area contributed by atoms with E-state index in [4.69, 9.17) is 5.73 Å². The van der Waals surface area contributed by atoms with E-state index in [0.29, 0.717) is 0 Å². The maximum Gasteiger partial charge on any atom is 0.222 e. The Kier molecular flexibility index (Phi) is 5.28. The lowest BCUT2D eigenvalue weighted by Gasteiger charge is -2.16. The maximum absolute atomic E-state index is 11.7. The van der Waals surface area contributed by atoms with Crippen LogP contribution in [0.3, 0.4) is 0 Å². The zero-order valence-corrected chi connectivity index (χ0v) is 12.2. The number of primary amides is 1. The van der Waals surface area contributed by atoms with Gasteiger partial charge in [-0.1, -0.05) is 37.3 Å². The number of carbonyl (C=O) groups is 1. The molecule has 1 heterocycles. The van der Waals surface area contributed by atoms with Crippen LogP contribution in [0.2, 0.25) is 0 Å². The van der Waals surface area contributed by atoms with Gasteiger partial charge in [0, 0.05) is 31.3 Å². The molecule has 1 amide bonds. The molecule has 1 aromatic carbocycles. The van der Waals surface area contributed by atoms with Crippen LogP contribution >= 0.6 is 11.8 Å². The van der Waals surface area contributed by atoms with Crippen molar-refractivity contribution in [1.29, 1.82) is 0 Å². The van der Waals surface area contributed by atoms with Gasteiger partial charge in [-0.3, -0.25) is 4.79 Å². The van der Waals surface area contributed by atoms with E-state index in [1.54, 1.807) is 0 Å². The summed E-state index contributed by atoms with van der Waals surface area (Å²) in [5.74, 6) is 2.32. The Balaban J connectivity index is 2.03. The standard InChI is InChI=1S/C15H22N2OS/c1-2-19-9-8-17-10-13(14(11-17)15(16)18)12-6-4-3-5-7-12/h3-7,13-14H,2,8-11H2,1H3,(H2,16,18)/t13-,14+/m1/s1. The van der Waals surface area contributed by atoms with E-state index < -0.39 is 0 Å². The van der Waals surface area contributed by atoms with Crippen LogP contribution in [-0.2, 0) is 4.79 Å². The molecule has 2 rings (SSSR count). The van der Waals surface area contributed by atoms with Crippen molar-refractivity contribution in [1.82, 2.24) is 4.90 Å². The molecule has 4 heteroatoms. The van der Waals surface area contributed by atoms with Crippen molar-refractivity contribution in [2.45, 2.75) is 12.8 Å². The molecule has 104 valence electrons. The number of carbonyl (C=O) groups excluding carboxylic acids is 1. The smallest absolute Gasteiger partial charge is 0.222 e. The van der Waals surface area contributed by atoms with Crippen LogP contribution in [0.15, 0.2) is 30.3 Å². The van der Waals surface area contributed by atoms with Gasteiger partial charge in [-0.2, -0.15) is 11.8 Å². The number of nitrogens with zero attached hydrogens (tertiary/aromatic N) is 1. The van der Waals surface area contributed by atoms with Crippen molar-refractivity contribution >= 4 is 17.7 Å². The number of rotatable bonds is 6. The van der Waals surface area contributed by atoms with Gasteiger partial charge in [-0.05, 0) is 11.3 Å². The van der Waals surface area contributed by atoms with Gasteiger partial charge < -0.3 is 10.6 Å². The number of hydrogen-bond acceptors (Lipinski definition) is 3. The van der Waals surface area contributed by atoms with Crippen molar-refractivity contribution < 1.29 is 4.79 Å². The molecule has 1 aliphatic heterocycles. The van der Waals surface area contributed by atoms with Gasteiger partial charge in [0.15, 0.2) is 0 Å². The molecule has 0 radical (unpaired) electrons. The van der Waals surface area contributed by atoms with Crippen LogP contribution in [0, 0.1) is 5.92 Å². The van der Waals surface area contributed by atoms with E-state index in [2.05, 4.69) is 24.0 Å². The van der Waals surface area contributed by atoms with Crippen molar-refractivity contribution in [3.05, 3.63) is 35.9 Å². The fourth-order valence-corrected chi connectivity index (χ4v) is 3.41. The Morgan fingerprint density at radius 1 is 1.37 bits per heavy atom. The molecule has 0 aliphatic carbocycles. The van der Waals surface area contributed by atoms with E-state index in [9.17, 15) is 4.79 Å². The summed E-state index contributed by atoms with van der Waals surface area (Å²) in [7, 11) is 0. The number of nitrogens with two attached hydrogens (primary N) is 1. The highest BCUT2D eigenvalue weighted by Crippen LogP contribution is 2.32. The number of amides is 1. The molecule has 1 saturated heterocycles. The average molecular weight is 278 g/mol. The lowest BCUT2D eigenvalue weighted by Crippen LogP contribution is -2.29. The summed E-state index contributed by atoms with van der Waals surface area (Å²) < 4.78 is 0. The molecule has 0 saturated carbocycles. The second-order valence-electron chi connectivity index (χ2n) is 4.98. The molecule has 19 heavy (non-hydrogen) atoms. The van der Waals surface area contributed by atoms with Crippen LogP contribution in [0.4, 0.5) is 0 Å². The van der Waals surface area contributed by atoms with Crippen molar-refractivity contribution in [2.24, 2.45) is 11.7 Å². The van der Waals surface area contributed by atoms with Crippen LogP contribution in [0.25, 0.3) is 0 Å². The zero-order chi connectivity index (χ0) is 13.7. The third kappa shape index (κ3) is 3.74. The molecule has 0 aromatic heterocycles. The molecule has 0 unspecified atom stereocenters. The first kappa shape index (κ1) is 14.4. The monoisotopic (exact) mass is 278 g/mol. The minimum Gasteiger partial charge on any atom is -0.369 e. The SMILES string of the molecule is CCSCCN1C[C@H](C(N)=O)[C@@H](c2ccccc2)C1. The van der Waals surface area contributed by atoms with E-state index in [-0.39, 0.29) is 17.7 Å².